The Kier molecular flexibility index (Phi) is 5.00. The Balaban J connectivity index is 1.40. The van der Waals surface area contributed by atoms with Crippen LogP contribution in [0, 0.1) is 0 Å². The first-order chi connectivity index (χ1) is 20.8. The first-order valence-corrected chi connectivity index (χ1v) is 14.6. The molecule has 0 aliphatic rings. The molecule has 0 N–H and O–H groups in total. The molecule has 0 aliphatic heterocycles. The molecule has 0 saturated carbocycles. The molecular weight excluding hydrogens is 504 g/mol. The van der Waals surface area contributed by atoms with Gasteiger partial charge in [0.05, 0.1) is 0 Å². The van der Waals surface area contributed by atoms with Gasteiger partial charge in [-0.1, -0.05) is 146 Å². The van der Waals surface area contributed by atoms with Crippen molar-refractivity contribution in [3.8, 4) is 22.3 Å². The molecule has 194 valence electrons. The fourth-order valence-corrected chi connectivity index (χ4v) is 7.08. The summed E-state index contributed by atoms with van der Waals surface area (Å²) in [4.78, 5) is 0. The van der Waals surface area contributed by atoms with Gasteiger partial charge in [0.15, 0.2) is 0 Å². The molecule has 0 fully saturated rings. The summed E-state index contributed by atoms with van der Waals surface area (Å²) in [6, 6.07) is 58.2. The first kappa shape index (κ1) is 23.3. The number of hydrogen-bond donors (Lipinski definition) is 0. The minimum Gasteiger partial charge on any atom is -0.0616 e. The topological polar surface area (TPSA) is 0 Å². The molecule has 0 radical (unpaired) electrons. The summed E-state index contributed by atoms with van der Waals surface area (Å²) in [6.45, 7) is 0. The molecule has 0 aromatic heterocycles. The zero-order valence-electron chi connectivity index (χ0n) is 23.0. The van der Waals surface area contributed by atoms with E-state index in [2.05, 4.69) is 158 Å². The van der Waals surface area contributed by atoms with Crippen molar-refractivity contribution in [2.75, 3.05) is 0 Å². The molecular formula is C42H26. The summed E-state index contributed by atoms with van der Waals surface area (Å²) >= 11 is 0. The molecule has 42 heavy (non-hydrogen) atoms. The lowest BCUT2D eigenvalue weighted by Crippen LogP contribution is -1.91. The highest BCUT2D eigenvalue weighted by molar-refractivity contribution is 6.24. The fraction of sp³-hybridized carbons (Fsp3) is 0. The number of rotatable bonds is 2. The van der Waals surface area contributed by atoms with Gasteiger partial charge in [-0.05, 0) is 99.0 Å². The summed E-state index contributed by atoms with van der Waals surface area (Å²) < 4.78 is 0. The Labute approximate surface area is 244 Å². The standard InChI is InChI=1S/C42H26/c1-2-11-31-25-32(23-17-27(31)9-1)41-35-13-5-7-15-37(35)42(38-16-8-6-14-36(38)41)33-24-20-29-19-22-30-21-18-28-10-3-4-12-34(28)40(30)39(29)26-33/h1-26H. The van der Waals surface area contributed by atoms with Crippen molar-refractivity contribution in [2.24, 2.45) is 0 Å². The lowest BCUT2D eigenvalue weighted by Gasteiger charge is -2.18. The average Bonchev–Trinajstić information content (AvgIpc) is 3.06. The predicted octanol–water partition coefficient (Wildman–Crippen LogP) is 11.9. The molecule has 0 bridgehead atoms. The molecule has 0 spiro atoms. The highest BCUT2D eigenvalue weighted by Gasteiger charge is 2.17. The summed E-state index contributed by atoms with van der Waals surface area (Å²) in [6.07, 6.45) is 0. The van der Waals surface area contributed by atoms with Crippen LogP contribution >= 0.6 is 0 Å². The monoisotopic (exact) mass is 530 g/mol. The second-order valence-electron chi connectivity index (χ2n) is 11.3. The van der Waals surface area contributed by atoms with Gasteiger partial charge < -0.3 is 0 Å². The van der Waals surface area contributed by atoms with Crippen LogP contribution in [0.1, 0.15) is 0 Å². The van der Waals surface area contributed by atoms with Crippen LogP contribution in [0.15, 0.2) is 158 Å². The van der Waals surface area contributed by atoms with Crippen LogP contribution in [0.4, 0.5) is 0 Å². The highest BCUT2D eigenvalue weighted by atomic mass is 14.2. The molecule has 0 unspecified atom stereocenters. The lowest BCUT2D eigenvalue weighted by molar-refractivity contribution is 1.68. The number of hydrogen-bond acceptors (Lipinski definition) is 0. The van der Waals surface area contributed by atoms with Crippen molar-refractivity contribution >= 4 is 64.6 Å². The Morgan fingerprint density at radius 1 is 0.238 bits per heavy atom. The van der Waals surface area contributed by atoms with Crippen LogP contribution in [0.25, 0.3) is 86.9 Å². The van der Waals surface area contributed by atoms with E-state index in [1.54, 1.807) is 0 Å². The zero-order chi connectivity index (χ0) is 27.6. The molecule has 0 amide bonds. The van der Waals surface area contributed by atoms with Crippen molar-refractivity contribution in [2.45, 2.75) is 0 Å². The molecule has 9 aromatic rings. The average molecular weight is 531 g/mol. The van der Waals surface area contributed by atoms with E-state index >= 15 is 0 Å². The minimum absolute atomic E-state index is 1.25. The smallest absolute Gasteiger partial charge is 0.00261 e. The van der Waals surface area contributed by atoms with Crippen LogP contribution in [0.3, 0.4) is 0 Å². The van der Waals surface area contributed by atoms with E-state index in [4.69, 9.17) is 0 Å². The highest BCUT2D eigenvalue weighted by Crippen LogP contribution is 2.45. The quantitative estimate of drug-likeness (QED) is 0.154. The van der Waals surface area contributed by atoms with Crippen LogP contribution in [0.2, 0.25) is 0 Å². The van der Waals surface area contributed by atoms with Gasteiger partial charge in [0.1, 0.15) is 0 Å². The van der Waals surface area contributed by atoms with E-state index in [9.17, 15) is 0 Å². The maximum atomic E-state index is 2.42. The minimum atomic E-state index is 1.25. The van der Waals surface area contributed by atoms with Gasteiger partial charge in [-0.25, -0.2) is 0 Å². The van der Waals surface area contributed by atoms with Crippen LogP contribution in [-0.4, -0.2) is 0 Å². The number of fused-ring (bicyclic) bond motifs is 8. The van der Waals surface area contributed by atoms with Crippen molar-refractivity contribution in [1.29, 1.82) is 0 Å². The second-order valence-corrected chi connectivity index (χ2v) is 11.3. The zero-order valence-corrected chi connectivity index (χ0v) is 23.0. The molecule has 9 aromatic carbocycles. The largest absolute Gasteiger partial charge is 0.0616 e. The van der Waals surface area contributed by atoms with Crippen LogP contribution < -0.4 is 0 Å². The molecule has 0 aliphatic carbocycles. The van der Waals surface area contributed by atoms with Crippen molar-refractivity contribution in [1.82, 2.24) is 0 Å². The Morgan fingerprint density at radius 2 is 0.643 bits per heavy atom. The van der Waals surface area contributed by atoms with E-state index in [0.717, 1.165) is 0 Å². The summed E-state index contributed by atoms with van der Waals surface area (Å²) in [7, 11) is 0. The van der Waals surface area contributed by atoms with Gasteiger partial charge in [0, 0.05) is 0 Å². The van der Waals surface area contributed by atoms with Crippen molar-refractivity contribution in [3.05, 3.63) is 158 Å². The summed E-state index contributed by atoms with van der Waals surface area (Å²) in [5.74, 6) is 0. The first-order valence-electron chi connectivity index (χ1n) is 14.6. The van der Waals surface area contributed by atoms with Gasteiger partial charge in [-0.2, -0.15) is 0 Å². The third kappa shape index (κ3) is 3.42. The van der Waals surface area contributed by atoms with E-state index in [1.807, 2.05) is 0 Å². The maximum absolute atomic E-state index is 2.42. The molecule has 9 rings (SSSR count). The summed E-state index contributed by atoms with van der Waals surface area (Å²) in [5.41, 5.74) is 5.10. The maximum Gasteiger partial charge on any atom is -0.00261 e. The fourth-order valence-electron chi connectivity index (χ4n) is 7.08. The SMILES string of the molecule is c1ccc2cc(-c3c4ccccc4c(-c4ccc5ccc6ccc7ccccc7c6c5c4)c4ccccc34)ccc2c1. The predicted molar refractivity (Wildman–Crippen MR) is 182 cm³/mol. The van der Waals surface area contributed by atoms with Gasteiger partial charge in [-0.15, -0.1) is 0 Å². The molecule has 0 heterocycles. The molecule has 0 nitrogen and oxygen atoms in total. The lowest BCUT2D eigenvalue weighted by atomic mass is 9.85. The van der Waals surface area contributed by atoms with E-state index in [-0.39, 0.29) is 0 Å². The second kappa shape index (κ2) is 9.03. The number of benzene rings is 9. The van der Waals surface area contributed by atoms with Crippen LogP contribution in [-0.2, 0) is 0 Å². The van der Waals surface area contributed by atoms with Gasteiger partial charge >= 0.3 is 0 Å². The molecule has 0 saturated heterocycles. The van der Waals surface area contributed by atoms with Gasteiger partial charge in [0.25, 0.3) is 0 Å². The van der Waals surface area contributed by atoms with Crippen LogP contribution in [0.5, 0.6) is 0 Å². The van der Waals surface area contributed by atoms with Gasteiger partial charge in [0.2, 0.25) is 0 Å². The molecule has 0 heteroatoms. The Bertz CT molecular complexity index is 2450. The van der Waals surface area contributed by atoms with Crippen molar-refractivity contribution < 1.29 is 0 Å². The Morgan fingerprint density at radius 3 is 1.26 bits per heavy atom. The van der Waals surface area contributed by atoms with Gasteiger partial charge in [-0.3, -0.25) is 0 Å². The van der Waals surface area contributed by atoms with E-state index in [0.29, 0.717) is 0 Å². The Hall–Kier alpha value is -5.46. The van der Waals surface area contributed by atoms with E-state index in [1.165, 1.54) is 86.9 Å². The molecule has 0 atom stereocenters. The third-order valence-electron chi connectivity index (χ3n) is 8.98. The third-order valence-corrected chi connectivity index (χ3v) is 8.98. The van der Waals surface area contributed by atoms with E-state index < -0.39 is 0 Å². The summed E-state index contributed by atoms with van der Waals surface area (Å²) in [5, 5.41) is 15.4. The van der Waals surface area contributed by atoms with Crippen molar-refractivity contribution in [3.63, 3.8) is 0 Å². The normalized spacial score (nSPS) is 11.8.